The van der Waals surface area contributed by atoms with E-state index >= 15 is 0 Å². The molecule has 0 aliphatic rings. The Morgan fingerprint density at radius 2 is 1.44 bits per heavy atom. The second kappa shape index (κ2) is 13.2. The summed E-state index contributed by atoms with van der Waals surface area (Å²) in [6.07, 6.45) is 6.46. The lowest BCUT2D eigenvalue weighted by Crippen LogP contribution is -2.41. The molecule has 0 aromatic heterocycles. The van der Waals surface area contributed by atoms with Gasteiger partial charge in [-0.2, -0.15) is 0 Å². The van der Waals surface area contributed by atoms with Gasteiger partial charge in [0.2, 0.25) is 0 Å². The maximum absolute atomic E-state index is 9.83. The van der Waals surface area contributed by atoms with Crippen molar-refractivity contribution in [2.24, 2.45) is 17.1 Å². The molecule has 1 unspecified atom stereocenters. The third-order valence-corrected chi connectivity index (χ3v) is 5.23. The Labute approximate surface area is 164 Å². The minimum absolute atomic E-state index is 0.349. The molecule has 0 fully saturated rings. The summed E-state index contributed by atoms with van der Waals surface area (Å²) >= 11 is 0. The molecule has 0 spiro atoms. The summed E-state index contributed by atoms with van der Waals surface area (Å²) in [7, 11) is 0. The van der Waals surface area contributed by atoms with E-state index in [4.69, 9.17) is 10.5 Å². The van der Waals surface area contributed by atoms with Gasteiger partial charge in [-0.1, -0.05) is 70.2 Å². The molecule has 1 atom stereocenters. The number of nitrogens with two attached hydrogens (primary N) is 1. The quantitative estimate of drug-likeness (QED) is 0.350. The van der Waals surface area contributed by atoms with Gasteiger partial charge < -0.3 is 25.8 Å². The summed E-state index contributed by atoms with van der Waals surface area (Å²) in [5, 5.41) is 29.5. The first-order valence-corrected chi connectivity index (χ1v) is 10.3. The molecule has 5 heteroatoms. The standard InChI is InChI=1S/C22H39NO4/c1-18(2)8-6-4-3-5-7-13-27-21(22(15-24,16-25)17-26)20-11-9-19(14-23)10-12-20/h9-12,18,21,24-26H,3-8,13-17,23H2,1-2H3. The molecule has 0 heterocycles. The van der Waals surface area contributed by atoms with E-state index in [9.17, 15) is 15.3 Å². The average Bonchev–Trinajstić information content (AvgIpc) is 2.69. The molecule has 0 saturated heterocycles. The molecule has 27 heavy (non-hydrogen) atoms. The van der Waals surface area contributed by atoms with Gasteiger partial charge in [0.15, 0.2) is 0 Å². The van der Waals surface area contributed by atoms with Crippen LogP contribution in [0.3, 0.4) is 0 Å². The van der Waals surface area contributed by atoms with Crippen LogP contribution in [-0.4, -0.2) is 41.7 Å². The van der Waals surface area contributed by atoms with Gasteiger partial charge in [0, 0.05) is 13.2 Å². The Morgan fingerprint density at radius 1 is 0.889 bits per heavy atom. The van der Waals surface area contributed by atoms with Crippen LogP contribution in [0.5, 0.6) is 0 Å². The molecule has 0 radical (unpaired) electrons. The lowest BCUT2D eigenvalue weighted by molar-refractivity contribution is -0.117. The second-order valence-electron chi connectivity index (χ2n) is 7.98. The number of rotatable bonds is 15. The Bertz CT molecular complexity index is 477. The van der Waals surface area contributed by atoms with Gasteiger partial charge in [0.1, 0.15) is 0 Å². The number of unbranched alkanes of at least 4 members (excludes halogenated alkanes) is 4. The molecule has 5 N–H and O–H groups in total. The van der Waals surface area contributed by atoms with Crippen molar-refractivity contribution in [3.63, 3.8) is 0 Å². The van der Waals surface area contributed by atoms with E-state index in [1.807, 2.05) is 24.3 Å². The molecule has 1 aromatic rings. The summed E-state index contributed by atoms with van der Waals surface area (Å²) in [5.41, 5.74) is 6.38. The maximum Gasteiger partial charge on any atom is 0.0947 e. The largest absolute Gasteiger partial charge is 0.395 e. The first-order valence-electron chi connectivity index (χ1n) is 10.3. The van der Waals surface area contributed by atoms with Crippen molar-refractivity contribution in [3.8, 4) is 0 Å². The fourth-order valence-corrected chi connectivity index (χ4v) is 3.24. The first-order chi connectivity index (χ1) is 13.0. The molecule has 0 saturated carbocycles. The molecule has 156 valence electrons. The highest BCUT2D eigenvalue weighted by molar-refractivity contribution is 5.26. The molecule has 1 aromatic carbocycles. The van der Waals surface area contributed by atoms with Crippen LogP contribution in [0.4, 0.5) is 0 Å². The highest BCUT2D eigenvalue weighted by Crippen LogP contribution is 2.37. The third-order valence-electron chi connectivity index (χ3n) is 5.23. The predicted octanol–water partition coefficient (Wildman–Crippen LogP) is 3.16. The van der Waals surface area contributed by atoms with Crippen molar-refractivity contribution < 1.29 is 20.1 Å². The van der Waals surface area contributed by atoms with Crippen LogP contribution in [0.1, 0.15) is 69.6 Å². The summed E-state index contributed by atoms with van der Waals surface area (Å²) in [6, 6.07) is 7.62. The molecule has 1 rings (SSSR count). The van der Waals surface area contributed by atoms with Crippen molar-refractivity contribution in [2.75, 3.05) is 26.4 Å². The zero-order valence-electron chi connectivity index (χ0n) is 17.1. The maximum atomic E-state index is 9.83. The van der Waals surface area contributed by atoms with Gasteiger partial charge in [0.25, 0.3) is 0 Å². The normalized spacial score (nSPS) is 13.3. The lowest BCUT2D eigenvalue weighted by Gasteiger charge is -2.36. The van der Waals surface area contributed by atoms with Crippen LogP contribution < -0.4 is 5.73 Å². The van der Waals surface area contributed by atoms with Gasteiger partial charge in [0.05, 0.1) is 31.3 Å². The van der Waals surface area contributed by atoms with E-state index in [1.165, 1.54) is 25.7 Å². The predicted molar refractivity (Wildman–Crippen MR) is 109 cm³/mol. The van der Waals surface area contributed by atoms with Crippen LogP contribution in [0, 0.1) is 11.3 Å². The fourth-order valence-electron chi connectivity index (χ4n) is 3.24. The van der Waals surface area contributed by atoms with Crippen LogP contribution >= 0.6 is 0 Å². The van der Waals surface area contributed by atoms with Crippen molar-refractivity contribution in [1.82, 2.24) is 0 Å². The highest BCUT2D eigenvalue weighted by atomic mass is 16.5. The number of benzene rings is 1. The smallest absolute Gasteiger partial charge is 0.0947 e. The van der Waals surface area contributed by atoms with Crippen LogP contribution in [0.15, 0.2) is 24.3 Å². The summed E-state index contributed by atoms with van der Waals surface area (Å²) in [4.78, 5) is 0. The highest BCUT2D eigenvalue weighted by Gasteiger charge is 2.39. The Balaban J connectivity index is 2.62. The van der Waals surface area contributed by atoms with Crippen molar-refractivity contribution in [1.29, 1.82) is 0 Å². The van der Waals surface area contributed by atoms with Gasteiger partial charge in [-0.3, -0.25) is 0 Å². The Morgan fingerprint density at radius 3 is 1.96 bits per heavy atom. The number of aliphatic hydroxyl groups is 3. The van der Waals surface area contributed by atoms with Crippen molar-refractivity contribution >= 4 is 0 Å². The number of aliphatic hydroxyl groups excluding tert-OH is 3. The van der Waals surface area contributed by atoms with Crippen LogP contribution in [0.25, 0.3) is 0 Å². The topological polar surface area (TPSA) is 95.9 Å². The minimum atomic E-state index is -1.11. The Kier molecular flexibility index (Phi) is 11.8. The van der Waals surface area contributed by atoms with E-state index < -0.39 is 11.5 Å². The minimum Gasteiger partial charge on any atom is -0.395 e. The summed E-state index contributed by atoms with van der Waals surface area (Å²) in [6.45, 7) is 4.45. The van der Waals surface area contributed by atoms with Gasteiger partial charge in [-0.25, -0.2) is 0 Å². The van der Waals surface area contributed by atoms with Gasteiger partial charge in [-0.15, -0.1) is 0 Å². The zero-order chi connectivity index (χ0) is 20.1. The molecule has 5 nitrogen and oxygen atoms in total. The molecular formula is C22H39NO4. The number of hydrogen-bond donors (Lipinski definition) is 4. The number of hydrogen-bond acceptors (Lipinski definition) is 5. The number of ether oxygens (including phenoxy) is 1. The van der Waals surface area contributed by atoms with E-state index in [-0.39, 0.29) is 19.8 Å². The van der Waals surface area contributed by atoms with Crippen LogP contribution in [-0.2, 0) is 11.3 Å². The van der Waals surface area contributed by atoms with Gasteiger partial charge >= 0.3 is 0 Å². The first kappa shape index (κ1) is 24.1. The van der Waals surface area contributed by atoms with E-state index in [2.05, 4.69) is 13.8 Å². The van der Waals surface area contributed by atoms with Crippen LogP contribution in [0.2, 0.25) is 0 Å². The summed E-state index contributed by atoms with van der Waals surface area (Å²) in [5.74, 6) is 0.767. The van der Waals surface area contributed by atoms with E-state index in [0.717, 1.165) is 29.9 Å². The molecule has 0 amide bonds. The monoisotopic (exact) mass is 381 g/mol. The van der Waals surface area contributed by atoms with Gasteiger partial charge in [-0.05, 0) is 23.5 Å². The summed E-state index contributed by atoms with van der Waals surface area (Å²) < 4.78 is 6.07. The second-order valence-corrected chi connectivity index (χ2v) is 7.98. The molecular weight excluding hydrogens is 342 g/mol. The third kappa shape index (κ3) is 7.88. The SMILES string of the molecule is CC(C)CCCCCCCOC(c1ccc(CN)cc1)C(CO)(CO)CO. The molecule has 0 aliphatic carbocycles. The lowest BCUT2D eigenvalue weighted by atomic mass is 9.80. The zero-order valence-corrected chi connectivity index (χ0v) is 17.1. The van der Waals surface area contributed by atoms with Crippen molar-refractivity contribution in [2.45, 2.75) is 65.0 Å². The average molecular weight is 382 g/mol. The van der Waals surface area contributed by atoms with E-state index in [0.29, 0.717) is 13.2 Å². The van der Waals surface area contributed by atoms with E-state index in [1.54, 1.807) is 0 Å². The molecule has 0 aliphatic heterocycles. The fraction of sp³-hybridized carbons (Fsp3) is 0.727. The Hall–Kier alpha value is -0.980. The molecule has 0 bridgehead atoms. The van der Waals surface area contributed by atoms with Crippen molar-refractivity contribution in [3.05, 3.63) is 35.4 Å².